The van der Waals surface area contributed by atoms with E-state index in [9.17, 15) is 9.18 Å². The Hall–Kier alpha value is -1.38. The SMILES string of the molecule is O=C(O)C1CC1C1CCc2cc(F)ccc21. The Kier molecular flexibility index (Phi) is 2.03. The van der Waals surface area contributed by atoms with Gasteiger partial charge in [-0.05, 0) is 54.4 Å². The number of hydrogen-bond donors (Lipinski definition) is 1. The van der Waals surface area contributed by atoms with Crippen LogP contribution in [-0.4, -0.2) is 11.1 Å². The molecule has 1 aromatic rings. The normalized spacial score (nSPS) is 31.2. The molecular weight excluding hydrogens is 207 g/mol. The van der Waals surface area contributed by atoms with Crippen molar-refractivity contribution in [3.63, 3.8) is 0 Å². The van der Waals surface area contributed by atoms with Crippen LogP contribution in [0.2, 0.25) is 0 Å². The molecule has 0 radical (unpaired) electrons. The summed E-state index contributed by atoms with van der Waals surface area (Å²) in [6, 6.07) is 4.91. The largest absolute Gasteiger partial charge is 0.481 e. The molecule has 3 rings (SSSR count). The van der Waals surface area contributed by atoms with E-state index in [2.05, 4.69) is 0 Å². The lowest BCUT2D eigenvalue weighted by molar-refractivity contribution is -0.138. The summed E-state index contributed by atoms with van der Waals surface area (Å²) in [6.45, 7) is 0. The topological polar surface area (TPSA) is 37.3 Å². The van der Waals surface area contributed by atoms with E-state index in [0.717, 1.165) is 24.8 Å². The summed E-state index contributed by atoms with van der Waals surface area (Å²) in [5, 5.41) is 8.92. The van der Waals surface area contributed by atoms with Gasteiger partial charge in [0.1, 0.15) is 5.82 Å². The number of aliphatic carboxylic acids is 1. The second kappa shape index (κ2) is 3.30. The first-order chi connectivity index (χ1) is 7.66. The van der Waals surface area contributed by atoms with Crippen LogP contribution in [-0.2, 0) is 11.2 Å². The Labute approximate surface area is 93.1 Å². The van der Waals surface area contributed by atoms with Gasteiger partial charge in [-0.15, -0.1) is 0 Å². The van der Waals surface area contributed by atoms with Gasteiger partial charge in [0.25, 0.3) is 0 Å². The van der Waals surface area contributed by atoms with Crippen LogP contribution in [0.4, 0.5) is 4.39 Å². The number of aryl methyl sites for hydroxylation is 1. The number of carbonyl (C=O) groups is 1. The van der Waals surface area contributed by atoms with E-state index in [-0.39, 0.29) is 17.7 Å². The van der Waals surface area contributed by atoms with Crippen molar-refractivity contribution in [1.29, 1.82) is 0 Å². The van der Waals surface area contributed by atoms with Crippen LogP contribution in [0.1, 0.15) is 29.9 Å². The van der Waals surface area contributed by atoms with Gasteiger partial charge in [-0.2, -0.15) is 0 Å². The fourth-order valence-corrected chi connectivity index (χ4v) is 3.01. The van der Waals surface area contributed by atoms with E-state index in [1.807, 2.05) is 6.07 Å². The number of halogens is 1. The molecule has 1 saturated carbocycles. The van der Waals surface area contributed by atoms with Gasteiger partial charge in [0, 0.05) is 0 Å². The van der Waals surface area contributed by atoms with E-state index >= 15 is 0 Å². The van der Waals surface area contributed by atoms with E-state index in [4.69, 9.17) is 5.11 Å². The minimum atomic E-state index is -0.680. The summed E-state index contributed by atoms with van der Waals surface area (Å²) in [5.41, 5.74) is 2.25. The molecule has 0 bridgehead atoms. The third-order valence-electron chi connectivity index (χ3n) is 3.90. The summed E-state index contributed by atoms with van der Waals surface area (Å²) in [5.74, 6) is -0.410. The van der Waals surface area contributed by atoms with Crippen molar-refractivity contribution in [3.8, 4) is 0 Å². The quantitative estimate of drug-likeness (QED) is 0.831. The van der Waals surface area contributed by atoms with Gasteiger partial charge in [0.05, 0.1) is 5.92 Å². The number of carboxylic acids is 1. The zero-order valence-corrected chi connectivity index (χ0v) is 8.82. The van der Waals surface area contributed by atoms with Gasteiger partial charge in [0.15, 0.2) is 0 Å². The first kappa shape index (κ1) is 9.82. The summed E-state index contributed by atoms with van der Waals surface area (Å²) in [6.07, 6.45) is 2.66. The minimum absolute atomic E-state index is 0.166. The van der Waals surface area contributed by atoms with Crippen LogP contribution >= 0.6 is 0 Å². The monoisotopic (exact) mass is 220 g/mol. The molecule has 2 aliphatic carbocycles. The van der Waals surface area contributed by atoms with Crippen molar-refractivity contribution < 1.29 is 14.3 Å². The van der Waals surface area contributed by atoms with E-state index in [1.165, 1.54) is 11.6 Å². The van der Waals surface area contributed by atoms with Crippen LogP contribution < -0.4 is 0 Å². The third-order valence-corrected chi connectivity index (χ3v) is 3.90. The maximum atomic E-state index is 13.0. The smallest absolute Gasteiger partial charge is 0.306 e. The predicted molar refractivity (Wildman–Crippen MR) is 56.7 cm³/mol. The maximum absolute atomic E-state index is 13.0. The van der Waals surface area contributed by atoms with Crippen molar-refractivity contribution in [1.82, 2.24) is 0 Å². The number of benzene rings is 1. The Balaban J connectivity index is 1.85. The van der Waals surface area contributed by atoms with Crippen LogP contribution in [0, 0.1) is 17.7 Å². The van der Waals surface area contributed by atoms with Gasteiger partial charge in [-0.25, -0.2) is 4.39 Å². The molecule has 0 saturated heterocycles. The molecule has 16 heavy (non-hydrogen) atoms. The zero-order chi connectivity index (χ0) is 11.3. The molecule has 1 aromatic carbocycles. The van der Waals surface area contributed by atoms with Crippen molar-refractivity contribution in [3.05, 3.63) is 35.1 Å². The van der Waals surface area contributed by atoms with Crippen molar-refractivity contribution in [2.75, 3.05) is 0 Å². The Morgan fingerprint density at radius 2 is 2.25 bits per heavy atom. The van der Waals surface area contributed by atoms with Crippen LogP contribution in [0.25, 0.3) is 0 Å². The lowest BCUT2D eigenvalue weighted by Gasteiger charge is -2.10. The number of fused-ring (bicyclic) bond motifs is 1. The highest BCUT2D eigenvalue weighted by Gasteiger charge is 2.49. The first-order valence-electron chi connectivity index (χ1n) is 5.68. The van der Waals surface area contributed by atoms with Crippen molar-refractivity contribution >= 4 is 5.97 Å². The highest BCUT2D eigenvalue weighted by molar-refractivity contribution is 5.73. The van der Waals surface area contributed by atoms with Gasteiger partial charge < -0.3 is 5.11 Å². The van der Waals surface area contributed by atoms with E-state index in [1.54, 1.807) is 6.07 Å². The summed E-state index contributed by atoms with van der Waals surface area (Å²) in [7, 11) is 0. The summed E-state index contributed by atoms with van der Waals surface area (Å²) >= 11 is 0. The molecule has 3 unspecified atom stereocenters. The molecule has 0 spiro atoms. The Morgan fingerprint density at radius 1 is 1.44 bits per heavy atom. The average Bonchev–Trinajstić information content (AvgIpc) is 2.93. The predicted octanol–water partition coefficient (Wildman–Crippen LogP) is 2.58. The zero-order valence-electron chi connectivity index (χ0n) is 8.82. The van der Waals surface area contributed by atoms with E-state index < -0.39 is 5.97 Å². The van der Waals surface area contributed by atoms with Crippen LogP contribution in [0.15, 0.2) is 18.2 Å². The molecule has 0 aliphatic heterocycles. The third kappa shape index (κ3) is 1.42. The second-order valence-electron chi connectivity index (χ2n) is 4.83. The lowest BCUT2D eigenvalue weighted by atomic mass is 9.95. The summed E-state index contributed by atoms with van der Waals surface area (Å²) in [4.78, 5) is 10.8. The van der Waals surface area contributed by atoms with E-state index in [0.29, 0.717) is 5.92 Å². The van der Waals surface area contributed by atoms with Gasteiger partial charge in [-0.1, -0.05) is 6.07 Å². The van der Waals surface area contributed by atoms with Gasteiger partial charge in [0.2, 0.25) is 0 Å². The molecular formula is C13H13FO2. The average molecular weight is 220 g/mol. The van der Waals surface area contributed by atoms with Crippen molar-refractivity contribution in [2.45, 2.75) is 25.2 Å². The fourth-order valence-electron chi connectivity index (χ4n) is 3.01. The molecule has 0 amide bonds. The minimum Gasteiger partial charge on any atom is -0.481 e. The highest BCUT2D eigenvalue weighted by Crippen LogP contribution is 2.53. The van der Waals surface area contributed by atoms with Gasteiger partial charge >= 0.3 is 5.97 Å². The van der Waals surface area contributed by atoms with Gasteiger partial charge in [-0.3, -0.25) is 4.79 Å². The molecule has 1 fully saturated rings. The first-order valence-corrected chi connectivity index (χ1v) is 5.68. The molecule has 3 heteroatoms. The van der Waals surface area contributed by atoms with Crippen LogP contribution in [0.5, 0.6) is 0 Å². The van der Waals surface area contributed by atoms with Crippen molar-refractivity contribution in [2.24, 2.45) is 11.8 Å². The number of carboxylic acid groups (broad SMARTS) is 1. The fraction of sp³-hybridized carbons (Fsp3) is 0.462. The second-order valence-corrected chi connectivity index (χ2v) is 4.83. The summed E-state index contributed by atoms with van der Waals surface area (Å²) < 4.78 is 13.0. The molecule has 2 aliphatic rings. The number of rotatable bonds is 2. The molecule has 3 atom stereocenters. The molecule has 1 N–H and O–H groups in total. The Morgan fingerprint density at radius 3 is 2.94 bits per heavy atom. The van der Waals surface area contributed by atoms with Crippen LogP contribution in [0.3, 0.4) is 0 Å². The number of hydrogen-bond acceptors (Lipinski definition) is 1. The molecule has 2 nitrogen and oxygen atoms in total. The molecule has 84 valence electrons. The standard InChI is InChI=1S/C13H13FO2/c14-8-2-4-9-7(5-8)1-3-10(9)11-6-12(11)13(15)16/h2,4-5,10-12H,1,3,6H2,(H,15,16). The maximum Gasteiger partial charge on any atom is 0.306 e. The molecule has 0 aromatic heterocycles. The molecule has 0 heterocycles. The highest BCUT2D eigenvalue weighted by atomic mass is 19.1. The lowest BCUT2D eigenvalue weighted by Crippen LogP contribution is -2.04. The Bertz CT molecular complexity index is 455.